The summed E-state index contributed by atoms with van der Waals surface area (Å²) in [6.45, 7) is 2.50. The second-order valence-electron chi connectivity index (χ2n) is 8.09. The zero-order valence-electron chi connectivity index (χ0n) is 18.9. The van der Waals surface area contributed by atoms with E-state index >= 15 is 0 Å². The Labute approximate surface area is 204 Å². The maximum absolute atomic E-state index is 13.4. The second-order valence-corrected chi connectivity index (χ2v) is 9.40. The smallest absolute Gasteiger partial charge is 0.262 e. The first-order valence-corrected chi connectivity index (χ1v) is 11.9. The lowest BCUT2D eigenvalue weighted by Crippen LogP contribution is -2.31. The van der Waals surface area contributed by atoms with Crippen LogP contribution in [0.25, 0.3) is 10.9 Å². The van der Waals surface area contributed by atoms with E-state index in [1.807, 2.05) is 24.3 Å². The fourth-order valence-corrected chi connectivity index (χ4v) is 4.68. The SMILES string of the molecule is C[C@H](Sc1nc2ccccc2c(=O)n1Cc1ccc(F)cc1)C(=O)NCc1ccc2c(c1)OCO2. The van der Waals surface area contributed by atoms with Gasteiger partial charge in [-0.05, 0) is 54.4 Å². The van der Waals surface area contributed by atoms with Gasteiger partial charge in [0, 0.05) is 6.54 Å². The van der Waals surface area contributed by atoms with Crippen molar-refractivity contribution in [3.63, 3.8) is 0 Å². The lowest BCUT2D eigenvalue weighted by Gasteiger charge is -2.16. The van der Waals surface area contributed by atoms with E-state index in [4.69, 9.17) is 9.47 Å². The lowest BCUT2D eigenvalue weighted by atomic mass is 10.2. The number of halogens is 1. The molecule has 0 spiro atoms. The van der Waals surface area contributed by atoms with E-state index in [0.717, 1.165) is 11.1 Å². The van der Waals surface area contributed by atoms with E-state index in [9.17, 15) is 14.0 Å². The van der Waals surface area contributed by atoms with Gasteiger partial charge in [-0.1, -0.05) is 42.1 Å². The van der Waals surface area contributed by atoms with Crippen LogP contribution in [0.2, 0.25) is 0 Å². The Morgan fingerprint density at radius 3 is 2.66 bits per heavy atom. The number of hydrogen-bond acceptors (Lipinski definition) is 6. The quantitative estimate of drug-likeness (QED) is 0.310. The van der Waals surface area contributed by atoms with Gasteiger partial charge in [0.05, 0.1) is 22.7 Å². The lowest BCUT2D eigenvalue weighted by molar-refractivity contribution is -0.120. The van der Waals surface area contributed by atoms with Crippen LogP contribution in [0, 0.1) is 5.82 Å². The summed E-state index contributed by atoms with van der Waals surface area (Å²) in [6, 6.07) is 18.6. The third kappa shape index (κ3) is 5.00. The van der Waals surface area contributed by atoms with Crippen molar-refractivity contribution < 1.29 is 18.7 Å². The Kier molecular flexibility index (Phi) is 6.41. The minimum Gasteiger partial charge on any atom is -0.454 e. The molecule has 2 heterocycles. The predicted molar refractivity (Wildman–Crippen MR) is 131 cm³/mol. The Hall–Kier alpha value is -3.85. The normalized spacial score (nSPS) is 13.1. The molecule has 1 aromatic heterocycles. The molecular weight excluding hydrogens is 469 g/mol. The third-order valence-electron chi connectivity index (χ3n) is 5.64. The van der Waals surface area contributed by atoms with Gasteiger partial charge in [-0.15, -0.1) is 0 Å². The van der Waals surface area contributed by atoms with E-state index in [1.165, 1.54) is 28.5 Å². The van der Waals surface area contributed by atoms with Crippen molar-refractivity contribution in [3.8, 4) is 11.5 Å². The molecule has 3 aromatic carbocycles. The number of nitrogens with zero attached hydrogens (tertiary/aromatic N) is 2. The zero-order valence-corrected chi connectivity index (χ0v) is 19.7. The van der Waals surface area contributed by atoms with E-state index in [2.05, 4.69) is 10.3 Å². The van der Waals surface area contributed by atoms with Crippen LogP contribution in [-0.2, 0) is 17.9 Å². The van der Waals surface area contributed by atoms with Gasteiger partial charge in [-0.3, -0.25) is 14.2 Å². The average Bonchev–Trinajstić information content (AvgIpc) is 3.34. The molecule has 178 valence electrons. The van der Waals surface area contributed by atoms with Gasteiger partial charge < -0.3 is 14.8 Å². The number of amides is 1. The number of benzene rings is 3. The highest BCUT2D eigenvalue weighted by Gasteiger charge is 2.20. The molecule has 7 nitrogen and oxygen atoms in total. The van der Waals surface area contributed by atoms with Crippen molar-refractivity contribution >= 4 is 28.6 Å². The average molecular weight is 492 g/mol. The Bertz CT molecular complexity index is 1460. The van der Waals surface area contributed by atoms with Crippen molar-refractivity contribution in [2.75, 3.05) is 6.79 Å². The molecule has 1 atom stereocenters. The number of carbonyl (C=O) groups is 1. The van der Waals surface area contributed by atoms with Gasteiger partial charge in [-0.2, -0.15) is 0 Å². The van der Waals surface area contributed by atoms with Crippen molar-refractivity contribution in [3.05, 3.63) is 94.0 Å². The van der Waals surface area contributed by atoms with Crippen molar-refractivity contribution in [2.24, 2.45) is 0 Å². The van der Waals surface area contributed by atoms with E-state index < -0.39 is 5.25 Å². The number of rotatable bonds is 7. The number of hydrogen-bond donors (Lipinski definition) is 1. The fourth-order valence-electron chi connectivity index (χ4n) is 3.74. The van der Waals surface area contributed by atoms with Crippen LogP contribution in [0.4, 0.5) is 4.39 Å². The Balaban J connectivity index is 1.36. The minimum atomic E-state index is -0.517. The first kappa shape index (κ1) is 22.9. The highest BCUT2D eigenvalue weighted by molar-refractivity contribution is 8.00. The number of thioether (sulfide) groups is 1. The van der Waals surface area contributed by atoms with Gasteiger partial charge in [0.1, 0.15) is 5.82 Å². The number of carbonyl (C=O) groups excluding carboxylic acids is 1. The molecule has 9 heteroatoms. The molecule has 0 saturated carbocycles. The molecular formula is C26H22FN3O4S. The topological polar surface area (TPSA) is 82.5 Å². The second kappa shape index (κ2) is 9.79. The molecule has 4 aromatic rings. The Morgan fingerprint density at radius 2 is 1.83 bits per heavy atom. The summed E-state index contributed by atoms with van der Waals surface area (Å²) in [4.78, 5) is 30.8. The van der Waals surface area contributed by atoms with Crippen LogP contribution in [0.3, 0.4) is 0 Å². The monoisotopic (exact) mass is 491 g/mol. The maximum atomic E-state index is 13.4. The zero-order chi connectivity index (χ0) is 24.4. The molecule has 0 radical (unpaired) electrons. The number of ether oxygens (including phenoxy) is 2. The molecule has 1 aliphatic heterocycles. The molecule has 1 N–H and O–H groups in total. The van der Waals surface area contributed by atoms with Gasteiger partial charge in [0.15, 0.2) is 16.7 Å². The van der Waals surface area contributed by atoms with Gasteiger partial charge >= 0.3 is 0 Å². The van der Waals surface area contributed by atoms with Crippen LogP contribution in [0.15, 0.2) is 76.7 Å². The van der Waals surface area contributed by atoms with Gasteiger partial charge in [0.25, 0.3) is 5.56 Å². The standard InChI is InChI=1S/C26H22FN3O4S/c1-16(24(31)28-13-18-8-11-22-23(12-18)34-15-33-22)35-26-29-21-5-3-2-4-20(21)25(32)30(26)14-17-6-9-19(27)10-7-17/h2-12,16H,13-15H2,1H3,(H,28,31)/t16-/m0/s1. The number of para-hydroxylation sites is 1. The van der Waals surface area contributed by atoms with Crippen molar-refractivity contribution in [2.45, 2.75) is 30.4 Å². The molecule has 0 aliphatic carbocycles. The van der Waals surface area contributed by atoms with Crippen LogP contribution in [-0.4, -0.2) is 27.5 Å². The maximum Gasteiger partial charge on any atom is 0.262 e. The van der Waals surface area contributed by atoms with Crippen molar-refractivity contribution in [1.82, 2.24) is 14.9 Å². The first-order chi connectivity index (χ1) is 17.0. The highest BCUT2D eigenvalue weighted by atomic mass is 32.2. The Morgan fingerprint density at radius 1 is 1.09 bits per heavy atom. The third-order valence-corrected chi connectivity index (χ3v) is 6.73. The minimum absolute atomic E-state index is 0.191. The van der Waals surface area contributed by atoms with E-state index in [0.29, 0.717) is 34.1 Å². The summed E-state index contributed by atoms with van der Waals surface area (Å²) in [5, 5.41) is 3.31. The van der Waals surface area contributed by atoms with Crippen LogP contribution < -0.4 is 20.3 Å². The van der Waals surface area contributed by atoms with Crippen LogP contribution in [0.5, 0.6) is 11.5 Å². The molecule has 0 bridgehead atoms. The predicted octanol–water partition coefficient (Wildman–Crippen LogP) is 4.11. The summed E-state index contributed by atoms with van der Waals surface area (Å²) in [5.74, 6) is 0.804. The molecule has 0 fully saturated rings. The number of nitrogens with one attached hydrogen (secondary N) is 1. The largest absolute Gasteiger partial charge is 0.454 e. The summed E-state index contributed by atoms with van der Waals surface area (Å²) >= 11 is 1.21. The summed E-state index contributed by atoms with van der Waals surface area (Å²) < 4.78 is 25.6. The molecule has 35 heavy (non-hydrogen) atoms. The summed E-state index contributed by atoms with van der Waals surface area (Å²) in [5.41, 5.74) is 1.99. The molecule has 1 aliphatic rings. The molecule has 5 rings (SSSR count). The number of fused-ring (bicyclic) bond motifs is 2. The van der Waals surface area contributed by atoms with E-state index in [1.54, 1.807) is 37.3 Å². The van der Waals surface area contributed by atoms with Crippen molar-refractivity contribution in [1.29, 1.82) is 0 Å². The molecule has 0 unspecified atom stereocenters. The molecule has 0 saturated heterocycles. The van der Waals surface area contributed by atoms with Crippen LogP contribution >= 0.6 is 11.8 Å². The first-order valence-electron chi connectivity index (χ1n) is 11.0. The molecule has 1 amide bonds. The van der Waals surface area contributed by atoms with E-state index in [-0.39, 0.29) is 30.6 Å². The summed E-state index contributed by atoms with van der Waals surface area (Å²) in [6.07, 6.45) is 0. The van der Waals surface area contributed by atoms with Gasteiger partial charge in [-0.25, -0.2) is 9.37 Å². The number of aromatic nitrogens is 2. The van der Waals surface area contributed by atoms with Gasteiger partial charge in [0.2, 0.25) is 12.7 Å². The fraction of sp³-hybridized carbons (Fsp3) is 0.192. The summed E-state index contributed by atoms with van der Waals surface area (Å²) in [7, 11) is 0. The van der Waals surface area contributed by atoms with Crippen LogP contribution in [0.1, 0.15) is 18.1 Å². The highest BCUT2D eigenvalue weighted by Crippen LogP contribution is 2.32.